The molecule has 19 heavy (non-hydrogen) atoms. The normalized spacial score (nSPS) is 12.7. The molecule has 1 unspecified atom stereocenters. The van der Waals surface area contributed by atoms with Gasteiger partial charge in [-0.05, 0) is 42.4 Å². The summed E-state index contributed by atoms with van der Waals surface area (Å²) in [5.74, 6) is 2.59. The fraction of sp³-hybridized carbons (Fsp3) is 0.667. The number of hydrogen-bond donors (Lipinski definition) is 0. The van der Waals surface area contributed by atoms with Gasteiger partial charge in [0.15, 0.2) is 0 Å². The molecule has 1 rings (SSSR count). The van der Waals surface area contributed by atoms with Crippen LogP contribution in [0.15, 0.2) is 24.3 Å². The molecule has 1 atom stereocenters. The van der Waals surface area contributed by atoms with Crippen molar-refractivity contribution in [1.82, 2.24) is 0 Å². The summed E-state index contributed by atoms with van der Waals surface area (Å²) in [6.45, 7) is 6.94. The monoisotopic (exact) mass is 262 g/mol. The molecule has 0 saturated heterocycles. The van der Waals surface area contributed by atoms with E-state index < -0.39 is 0 Å². The van der Waals surface area contributed by atoms with Gasteiger partial charge in [0.2, 0.25) is 0 Å². The van der Waals surface area contributed by atoms with Crippen molar-refractivity contribution in [2.45, 2.75) is 59.3 Å². The number of methoxy groups -OCH3 is 1. The molecule has 1 aromatic rings. The van der Waals surface area contributed by atoms with Crippen LogP contribution < -0.4 is 4.74 Å². The van der Waals surface area contributed by atoms with E-state index in [1.165, 1.54) is 44.1 Å². The van der Waals surface area contributed by atoms with Crippen molar-refractivity contribution >= 4 is 0 Å². The third kappa shape index (κ3) is 6.66. The Labute approximate surface area is 119 Å². The third-order valence-corrected chi connectivity index (χ3v) is 3.68. The average Bonchev–Trinajstić information content (AvgIpc) is 2.38. The van der Waals surface area contributed by atoms with Gasteiger partial charge < -0.3 is 4.74 Å². The van der Waals surface area contributed by atoms with Gasteiger partial charge in [0.25, 0.3) is 0 Å². The van der Waals surface area contributed by atoms with Crippen LogP contribution in [-0.2, 0) is 6.42 Å². The Morgan fingerprint density at radius 1 is 1.16 bits per heavy atom. The first-order valence-electron chi connectivity index (χ1n) is 7.78. The van der Waals surface area contributed by atoms with E-state index in [1.54, 1.807) is 7.11 Å². The molecule has 0 radical (unpaired) electrons. The first-order chi connectivity index (χ1) is 9.15. The van der Waals surface area contributed by atoms with Crippen molar-refractivity contribution < 1.29 is 4.74 Å². The van der Waals surface area contributed by atoms with E-state index in [2.05, 4.69) is 39.0 Å². The van der Waals surface area contributed by atoms with Crippen molar-refractivity contribution in [3.8, 4) is 5.75 Å². The highest BCUT2D eigenvalue weighted by Crippen LogP contribution is 2.24. The van der Waals surface area contributed by atoms with E-state index in [-0.39, 0.29) is 0 Å². The highest BCUT2D eigenvalue weighted by atomic mass is 16.5. The van der Waals surface area contributed by atoms with Crippen LogP contribution in [0.1, 0.15) is 58.4 Å². The number of rotatable bonds is 9. The molecule has 1 nitrogen and oxygen atoms in total. The van der Waals surface area contributed by atoms with Crippen molar-refractivity contribution in [2.24, 2.45) is 11.8 Å². The second-order valence-corrected chi connectivity index (χ2v) is 6.05. The lowest BCUT2D eigenvalue weighted by Gasteiger charge is -2.19. The minimum absolute atomic E-state index is 0.789. The van der Waals surface area contributed by atoms with E-state index in [9.17, 15) is 0 Å². The average molecular weight is 262 g/mol. The topological polar surface area (TPSA) is 9.23 Å². The standard InChI is InChI=1S/C18H30O/c1-5-6-7-9-16(12-15(2)3)13-17-10-8-11-18(14-17)19-4/h8,10-11,14-16H,5-7,9,12-13H2,1-4H3. The van der Waals surface area contributed by atoms with E-state index >= 15 is 0 Å². The van der Waals surface area contributed by atoms with Gasteiger partial charge in [-0.1, -0.05) is 58.6 Å². The van der Waals surface area contributed by atoms with Crippen LogP contribution in [0.3, 0.4) is 0 Å². The first-order valence-corrected chi connectivity index (χ1v) is 7.78. The molecule has 0 N–H and O–H groups in total. The molecule has 0 bridgehead atoms. The van der Waals surface area contributed by atoms with Crippen molar-refractivity contribution in [3.63, 3.8) is 0 Å². The summed E-state index contributed by atoms with van der Waals surface area (Å²) in [7, 11) is 1.74. The highest BCUT2D eigenvalue weighted by Gasteiger charge is 2.12. The number of ether oxygens (including phenoxy) is 1. The van der Waals surface area contributed by atoms with Crippen LogP contribution in [0.5, 0.6) is 5.75 Å². The summed E-state index contributed by atoms with van der Waals surface area (Å²) < 4.78 is 5.32. The summed E-state index contributed by atoms with van der Waals surface area (Å²) in [4.78, 5) is 0. The van der Waals surface area contributed by atoms with Crippen molar-refractivity contribution in [3.05, 3.63) is 29.8 Å². The number of benzene rings is 1. The maximum atomic E-state index is 5.32. The summed E-state index contributed by atoms with van der Waals surface area (Å²) in [5, 5.41) is 0. The van der Waals surface area contributed by atoms with E-state index in [0.29, 0.717) is 0 Å². The molecular weight excluding hydrogens is 232 g/mol. The molecular formula is C18H30O. The third-order valence-electron chi connectivity index (χ3n) is 3.68. The predicted octanol–water partition coefficient (Wildman–Crippen LogP) is 5.48. The summed E-state index contributed by atoms with van der Waals surface area (Å²) >= 11 is 0. The van der Waals surface area contributed by atoms with Crippen LogP contribution in [0.25, 0.3) is 0 Å². The summed E-state index contributed by atoms with van der Waals surface area (Å²) in [6.07, 6.45) is 7.95. The Kier molecular flexibility index (Phi) is 7.62. The Morgan fingerprint density at radius 2 is 1.95 bits per heavy atom. The van der Waals surface area contributed by atoms with Gasteiger partial charge in [-0.3, -0.25) is 0 Å². The Hall–Kier alpha value is -0.980. The van der Waals surface area contributed by atoms with Crippen molar-refractivity contribution in [1.29, 1.82) is 0 Å². The maximum absolute atomic E-state index is 5.32. The van der Waals surface area contributed by atoms with Gasteiger partial charge in [0.05, 0.1) is 7.11 Å². The summed E-state index contributed by atoms with van der Waals surface area (Å²) in [6, 6.07) is 8.55. The van der Waals surface area contributed by atoms with Crippen LogP contribution >= 0.6 is 0 Å². The lowest BCUT2D eigenvalue weighted by Crippen LogP contribution is -2.08. The lowest BCUT2D eigenvalue weighted by molar-refractivity contribution is 0.370. The fourth-order valence-corrected chi connectivity index (χ4v) is 2.79. The molecule has 0 fully saturated rings. The van der Waals surface area contributed by atoms with E-state index in [4.69, 9.17) is 4.74 Å². The predicted molar refractivity (Wildman–Crippen MR) is 83.8 cm³/mol. The van der Waals surface area contributed by atoms with Crippen LogP contribution in [-0.4, -0.2) is 7.11 Å². The zero-order valence-electron chi connectivity index (χ0n) is 13.1. The minimum atomic E-state index is 0.789. The van der Waals surface area contributed by atoms with Gasteiger partial charge in [-0.2, -0.15) is 0 Å². The Bertz CT molecular complexity index is 343. The Balaban J connectivity index is 2.58. The van der Waals surface area contributed by atoms with Crippen LogP contribution in [0, 0.1) is 11.8 Å². The van der Waals surface area contributed by atoms with Crippen molar-refractivity contribution in [2.75, 3.05) is 7.11 Å². The van der Waals surface area contributed by atoms with Gasteiger partial charge in [-0.15, -0.1) is 0 Å². The molecule has 0 aromatic heterocycles. The molecule has 0 aliphatic rings. The van der Waals surface area contributed by atoms with E-state index in [0.717, 1.165) is 17.6 Å². The second kappa shape index (κ2) is 9.01. The molecule has 0 heterocycles. The minimum Gasteiger partial charge on any atom is -0.497 e. The van der Waals surface area contributed by atoms with Gasteiger partial charge >= 0.3 is 0 Å². The molecule has 1 heteroatoms. The van der Waals surface area contributed by atoms with E-state index in [1.807, 2.05) is 6.07 Å². The maximum Gasteiger partial charge on any atom is 0.119 e. The largest absolute Gasteiger partial charge is 0.497 e. The first kappa shape index (κ1) is 16.1. The van der Waals surface area contributed by atoms with Crippen LogP contribution in [0.4, 0.5) is 0 Å². The molecule has 0 amide bonds. The van der Waals surface area contributed by atoms with Gasteiger partial charge in [-0.25, -0.2) is 0 Å². The molecule has 0 spiro atoms. The number of unbranched alkanes of at least 4 members (excludes halogenated alkanes) is 2. The van der Waals surface area contributed by atoms with Gasteiger partial charge in [0, 0.05) is 0 Å². The Morgan fingerprint density at radius 3 is 2.58 bits per heavy atom. The molecule has 108 valence electrons. The quantitative estimate of drug-likeness (QED) is 0.535. The zero-order chi connectivity index (χ0) is 14.1. The zero-order valence-corrected chi connectivity index (χ0v) is 13.1. The van der Waals surface area contributed by atoms with Gasteiger partial charge in [0.1, 0.15) is 5.75 Å². The molecule has 0 aliphatic heterocycles. The van der Waals surface area contributed by atoms with Crippen LogP contribution in [0.2, 0.25) is 0 Å². The summed E-state index contributed by atoms with van der Waals surface area (Å²) in [5.41, 5.74) is 1.42. The fourth-order valence-electron chi connectivity index (χ4n) is 2.79. The second-order valence-electron chi connectivity index (χ2n) is 6.05. The highest BCUT2D eigenvalue weighted by molar-refractivity contribution is 5.28. The molecule has 0 aliphatic carbocycles. The SMILES string of the molecule is CCCCCC(Cc1cccc(OC)c1)CC(C)C. The smallest absolute Gasteiger partial charge is 0.119 e. The molecule has 0 saturated carbocycles. The molecule has 1 aromatic carbocycles. The number of hydrogen-bond acceptors (Lipinski definition) is 1. The lowest BCUT2D eigenvalue weighted by atomic mass is 9.87.